The molecule has 2 aliphatic carbocycles. The van der Waals surface area contributed by atoms with Crippen molar-refractivity contribution in [1.29, 1.82) is 0 Å². The van der Waals surface area contributed by atoms with Crippen LogP contribution in [0, 0.1) is 5.41 Å². The maximum absolute atomic E-state index is 9.76. The monoisotopic (exact) mass is 566 g/mol. The summed E-state index contributed by atoms with van der Waals surface area (Å²) < 4.78 is 13.4. The van der Waals surface area contributed by atoms with Gasteiger partial charge >= 0.3 is 0 Å². The van der Waals surface area contributed by atoms with Crippen LogP contribution in [0.5, 0.6) is 0 Å². The number of thiophene rings is 1. The summed E-state index contributed by atoms with van der Waals surface area (Å²) in [5, 5.41) is 16.4. The average molecular weight is 568 g/mol. The summed E-state index contributed by atoms with van der Waals surface area (Å²) in [6.07, 6.45) is 5.76. The summed E-state index contributed by atoms with van der Waals surface area (Å²) in [6.45, 7) is 6.22. The summed E-state index contributed by atoms with van der Waals surface area (Å²) in [7, 11) is 0. The van der Waals surface area contributed by atoms with Gasteiger partial charge in [0.15, 0.2) is 0 Å². The van der Waals surface area contributed by atoms with Crippen molar-refractivity contribution in [2.75, 3.05) is 18.0 Å². The predicted octanol–water partition coefficient (Wildman–Crippen LogP) is 8.84. The van der Waals surface area contributed by atoms with Crippen LogP contribution in [0.15, 0.2) is 53.6 Å². The molecule has 2 saturated carbocycles. The Morgan fingerprint density at radius 3 is 2.71 bits per heavy atom. The third kappa shape index (κ3) is 4.32. The molecule has 2 aromatic heterocycles. The summed E-state index contributed by atoms with van der Waals surface area (Å²) in [4.78, 5) is 3.32. The molecule has 3 fully saturated rings. The third-order valence-corrected chi connectivity index (χ3v) is 10.1. The van der Waals surface area contributed by atoms with E-state index in [0.717, 1.165) is 65.9 Å². The second kappa shape index (κ2) is 9.30. The van der Waals surface area contributed by atoms with Crippen molar-refractivity contribution in [2.45, 2.75) is 50.7 Å². The highest BCUT2D eigenvalue weighted by molar-refractivity contribution is 7.20. The Balaban J connectivity index is 1.02. The number of rotatable bonds is 7. The normalized spacial score (nSPS) is 22.9. The molecule has 1 spiro atoms. The number of nitrogens with zero attached hydrogens (tertiary/aromatic N) is 2. The highest BCUT2D eigenvalue weighted by Crippen LogP contribution is 2.52. The molecule has 4 aromatic rings. The molecular weight excluding hydrogens is 539 g/mol. The lowest BCUT2D eigenvalue weighted by molar-refractivity contribution is -0.0796. The number of ether oxygens (including phenoxy) is 1. The number of hydrogen-bond donors (Lipinski definition) is 1. The minimum absolute atomic E-state index is 0.130. The second-order valence-electron chi connectivity index (χ2n) is 11.0. The number of aliphatic hydroxyl groups is 1. The maximum Gasteiger partial charge on any atom is 0.145 e. The Bertz CT molecular complexity index is 1530. The molecule has 0 radical (unpaired) electrons. The fraction of sp³-hybridized carbons (Fsp3) is 0.367. The van der Waals surface area contributed by atoms with E-state index in [0.29, 0.717) is 33.7 Å². The van der Waals surface area contributed by atoms with E-state index in [2.05, 4.69) is 34.8 Å². The molecule has 0 unspecified atom stereocenters. The third-order valence-electron chi connectivity index (χ3n) is 8.34. The van der Waals surface area contributed by atoms with Crippen molar-refractivity contribution in [1.82, 2.24) is 5.16 Å². The van der Waals surface area contributed by atoms with Crippen LogP contribution in [0.3, 0.4) is 0 Å². The zero-order valence-electron chi connectivity index (χ0n) is 20.9. The lowest BCUT2D eigenvalue weighted by Crippen LogP contribution is -2.44. The van der Waals surface area contributed by atoms with Gasteiger partial charge < -0.3 is 19.3 Å². The van der Waals surface area contributed by atoms with Crippen LogP contribution in [0.1, 0.15) is 54.2 Å². The Labute approximate surface area is 235 Å². The molecule has 1 saturated heterocycles. The van der Waals surface area contributed by atoms with Crippen molar-refractivity contribution < 1.29 is 14.4 Å². The van der Waals surface area contributed by atoms with Crippen LogP contribution in [-0.2, 0) is 11.3 Å². The van der Waals surface area contributed by atoms with E-state index in [-0.39, 0.29) is 11.9 Å². The lowest BCUT2D eigenvalue weighted by Gasteiger charge is -2.45. The van der Waals surface area contributed by atoms with Gasteiger partial charge in [-0.25, -0.2) is 0 Å². The molecule has 1 aliphatic heterocycles. The fourth-order valence-corrected chi connectivity index (χ4v) is 7.66. The number of hydrogen-bond acceptors (Lipinski definition) is 6. The average Bonchev–Trinajstić information content (AvgIpc) is 3.28. The van der Waals surface area contributed by atoms with Crippen LogP contribution in [0.25, 0.3) is 27.1 Å². The van der Waals surface area contributed by atoms with Crippen molar-refractivity contribution in [3.8, 4) is 11.3 Å². The van der Waals surface area contributed by atoms with E-state index >= 15 is 0 Å². The van der Waals surface area contributed by atoms with Gasteiger partial charge in [-0.2, -0.15) is 0 Å². The topological polar surface area (TPSA) is 58.7 Å². The minimum atomic E-state index is 0.130. The second-order valence-corrected chi connectivity index (χ2v) is 12.9. The number of aromatic nitrogens is 1. The van der Waals surface area contributed by atoms with Gasteiger partial charge in [0.2, 0.25) is 0 Å². The fourth-order valence-electron chi connectivity index (χ4n) is 6.12. The van der Waals surface area contributed by atoms with E-state index < -0.39 is 0 Å². The van der Waals surface area contributed by atoms with E-state index in [4.69, 9.17) is 32.5 Å². The molecule has 7 rings (SSSR count). The number of anilines is 1. The Hall–Kier alpha value is -2.51. The van der Waals surface area contributed by atoms with Crippen LogP contribution in [0.4, 0.5) is 5.69 Å². The molecule has 2 aromatic carbocycles. The molecule has 38 heavy (non-hydrogen) atoms. The van der Waals surface area contributed by atoms with Gasteiger partial charge in [-0.3, -0.25) is 0 Å². The summed E-state index contributed by atoms with van der Waals surface area (Å²) in [5.74, 6) is 1.47. The number of fused-ring (bicyclic) bond motifs is 1. The zero-order chi connectivity index (χ0) is 26.0. The van der Waals surface area contributed by atoms with Crippen LogP contribution < -0.4 is 4.90 Å². The maximum atomic E-state index is 9.76. The first kappa shape index (κ1) is 24.5. The standard InChI is InChI=1S/C30H28Cl2N2O3S/c1-17(35)25-11-19-7-8-20(12-26(19)38-25)34-10-9-30(16-34)13-21(14-30)36-15-22-28(33-37-29(22)18-5-6-18)27-23(31)3-2-4-24(27)32/h2-4,7-8,11-12,18,21,35H,1,5-6,9-10,13-16H2. The molecule has 5 nitrogen and oxygen atoms in total. The highest BCUT2D eigenvalue weighted by atomic mass is 35.5. The number of halogens is 2. The van der Waals surface area contributed by atoms with Gasteiger partial charge in [-0.15, -0.1) is 11.3 Å². The van der Waals surface area contributed by atoms with E-state index in [1.54, 1.807) is 11.3 Å². The Morgan fingerprint density at radius 2 is 1.97 bits per heavy atom. The van der Waals surface area contributed by atoms with Gasteiger partial charge in [0, 0.05) is 40.5 Å². The first-order valence-electron chi connectivity index (χ1n) is 13.1. The SMILES string of the molecule is C=C(O)c1cc2ccc(N3CCC4(CC(OCc5c(-c6c(Cl)cccc6Cl)noc5C5CC5)C4)C3)cc2s1. The molecule has 0 atom stereocenters. The van der Waals surface area contributed by atoms with E-state index in [1.807, 2.05) is 24.3 Å². The smallest absolute Gasteiger partial charge is 0.145 e. The first-order chi connectivity index (χ1) is 18.4. The van der Waals surface area contributed by atoms with Gasteiger partial charge in [-0.05, 0) is 73.2 Å². The molecule has 0 amide bonds. The molecular formula is C30H28Cl2N2O3S. The van der Waals surface area contributed by atoms with Gasteiger partial charge in [0.05, 0.1) is 27.6 Å². The predicted molar refractivity (Wildman–Crippen MR) is 154 cm³/mol. The molecule has 3 aliphatic rings. The van der Waals surface area contributed by atoms with Crippen LogP contribution in [0.2, 0.25) is 10.0 Å². The van der Waals surface area contributed by atoms with Crippen molar-refractivity contribution in [3.63, 3.8) is 0 Å². The quantitative estimate of drug-likeness (QED) is 0.226. The van der Waals surface area contributed by atoms with Crippen molar-refractivity contribution in [3.05, 3.63) is 75.3 Å². The molecule has 8 heteroatoms. The van der Waals surface area contributed by atoms with Gasteiger partial charge in [0.25, 0.3) is 0 Å². The van der Waals surface area contributed by atoms with Crippen LogP contribution in [-0.4, -0.2) is 29.5 Å². The molecule has 1 N–H and O–H groups in total. The molecule has 3 heterocycles. The first-order valence-corrected chi connectivity index (χ1v) is 14.7. The number of aliphatic hydroxyl groups excluding tert-OH is 1. The summed E-state index contributed by atoms with van der Waals surface area (Å²) in [6, 6.07) is 14.1. The van der Waals surface area contributed by atoms with E-state index in [1.165, 1.54) is 16.8 Å². The minimum Gasteiger partial charge on any atom is -0.507 e. The van der Waals surface area contributed by atoms with E-state index in [9.17, 15) is 5.11 Å². The molecule has 0 bridgehead atoms. The highest BCUT2D eigenvalue weighted by Gasteiger charge is 2.49. The summed E-state index contributed by atoms with van der Waals surface area (Å²) >= 11 is 14.6. The van der Waals surface area contributed by atoms with Crippen LogP contribution >= 0.6 is 34.5 Å². The lowest BCUT2D eigenvalue weighted by atomic mass is 9.66. The Kier molecular flexibility index (Phi) is 6.00. The Morgan fingerprint density at radius 1 is 1.18 bits per heavy atom. The van der Waals surface area contributed by atoms with Gasteiger partial charge in [-0.1, -0.05) is 47.1 Å². The summed E-state index contributed by atoms with van der Waals surface area (Å²) in [5.41, 5.74) is 3.98. The van der Waals surface area contributed by atoms with Crippen molar-refractivity contribution in [2.24, 2.45) is 5.41 Å². The number of benzene rings is 2. The van der Waals surface area contributed by atoms with Gasteiger partial charge in [0.1, 0.15) is 17.2 Å². The molecule has 196 valence electrons. The zero-order valence-corrected chi connectivity index (χ0v) is 23.2. The van der Waals surface area contributed by atoms with Crippen molar-refractivity contribution >= 4 is 56.1 Å². The largest absolute Gasteiger partial charge is 0.507 e.